The van der Waals surface area contributed by atoms with E-state index in [-0.39, 0.29) is 35.7 Å². The van der Waals surface area contributed by atoms with Gasteiger partial charge in [0, 0.05) is 12.0 Å². The minimum Gasteiger partial charge on any atom is -1.00 e. The quantitative estimate of drug-likeness (QED) is 0.409. The third kappa shape index (κ3) is 1.54. The molecule has 3 unspecified atom stereocenters. The SMILES string of the molecule is CC[N+]12CC=C(CO)C1C(O)CC2.[Br-]. The van der Waals surface area contributed by atoms with Crippen LogP contribution in [0.5, 0.6) is 0 Å². The molecule has 0 aromatic heterocycles. The number of hydrogen-bond acceptors (Lipinski definition) is 2. The molecule has 0 radical (unpaired) electrons. The van der Waals surface area contributed by atoms with Gasteiger partial charge in [-0.2, -0.15) is 0 Å². The van der Waals surface area contributed by atoms with Gasteiger partial charge >= 0.3 is 0 Å². The van der Waals surface area contributed by atoms with Gasteiger partial charge < -0.3 is 31.7 Å². The zero-order valence-corrected chi connectivity index (χ0v) is 10.1. The van der Waals surface area contributed by atoms with E-state index in [1.54, 1.807) is 0 Å². The molecule has 0 aromatic carbocycles. The zero-order valence-electron chi connectivity index (χ0n) is 8.49. The molecule has 0 aromatic rings. The molecule has 82 valence electrons. The van der Waals surface area contributed by atoms with Gasteiger partial charge in [-0.25, -0.2) is 0 Å². The fourth-order valence-corrected chi connectivity index (χ4v) is 2.92. The molecule has 2 N–H and O–H groups in total. The van der Waals surface area contributed by atoms with Crippen LogP contribution in [0.15, 0.2) is 11.6 Å². The normalized spacial score (nSPS) is 40.4. The van der Waals surface area contributed by atoms with Crippen molar-refractivity contribution in [3.63, 3.8) is 0 Å². The number of likely N-dealkylation sites (N-methyl/N-ethyl adjacent to an activating group) is 1. The summed E-state index contributed by atoms with van der Waals surface area (Å²) in [6.45, 7) is 5.39. The number of halogens is 1. The van der Waals surface area contributed by atoms with Crippen LogP contribution in [0.25, 0.3) is 0 Å². The molecule has 2 heterocycles. The average molecular weight is 264 g/mol. The number of aliphatic hydroxyl groups excluding tert-OH is 2. The minimum absolute atomic E-state index is 0. The summed E-state index contributed by atoms with van der Waals surface area (Å²) in [5.41, 5.74) is 1.05. The summed E-state index contributed by atoms with van der Waals surface area (Å²) in [6, 6.07) is 0.190. The second kappa shape index (κ2) is 4.31. The largest absolute Gasteiger partial charge is 1.00 e. The maximum atomic E-state index is 9.83. The highest BCUT2D eigenvalue weighted by Gasteiger charge is 2.50. The van der Waals surface area contributed by atoms with Gasteiger partial charge in [0.05, 0.1) is 26.2 Å². The lowest BCUT2D eigenvalue weighted by molar-refractivity contribution is -0.923. The van der Waals surface area contributed by atoms with Crippen molar-refractivity contribution in [1.29, 1.82) is 0 Å². The Hall–Kier alpha value is 0.100. The second-order valence-corrected chi connectivity index (χ2v) is 4.18. The molecule has 14 heavy (non-hydrogen) atoms. The van der Waals surface area contributed by atoms with E-state index in [4.69, 9.17) is 5.11 Å². The highest BCUT2D eigenvalue weighted by molar-refractivity contribution is 5.17. The predicted octanol–water partition coefficient (Wildman–Crippen LogP) is -3.11. The highest BCUT2D eigenvalue weighted by atomic mass is 79.9. The highest BCUT2D eigenvalue weighted by Crippen LogP contribution is 2.36. The molecule has 1 fully saturated rings. The number of nitrogens with zero attached hydrogens (tertiary/aromatic N) is 1. The first kappa shape index (κ1) is 12.2. The van der Waals surface area contributed by atoms with Crippen molar-refractivity contribution in [1.82, 2.24) is 0 Å². The molecule has 0 amide bonds. The van der Waals surface area contributed by atoms with E-state index in [0.717, 1.165) is 36.1 Å². The average Bonchev–Trinajstić information content (AvgIpc) is 2.66. The Bertz CT molecular complexity index is 244. The Morgan fingerprint density at radius 3 is 2.86 bits per heavy atom. The van der Waals surface area contributed by atoms with Crippen LogP contribution in [-0.2, 0) is 0 Å². The smallest absolute Gasteiger partial charge is 0.140 e. The number of aliphatic hydroxyl groups is 2. The van der Waals surface area contributed by atoms with Crippen LogP contribution in [0.2, 0.25) is 0 Å². The Morgan fingerprint density at radius 2 is 2.29 bits per heavy atom. The first-order valence-corrected chi connectivity index (χ1v) is 5.07. The van der Waals surface area contributed by atoms with E-state index in [1.165, 1.54) is 0 Å². The van der Waals surface area contributed by atoms with E-state index in [1.807, 2.05) is 0 Å². The third-order valence-electron chi connectivity index (χ3n) is 3.73. The van der Waals surface area contributed by atoms with Gasteiger partial charge in [-0.3, -0.25) is 0 Å². The van der Waals surface area contributed by atoms with Crippen LogP contribution in [0.1, 0.15) is 13.3 Å². The number of hydrogen-bond donors (Lipinski definition) is 2. The Morgan fingerprint density at radius 1 is 1.57 bits per heavy atom. The van der Waals surface area contributed by atoms with Gasteiger partial charge in [0.1, 0.15) is 12.1 Å². The van der Waals surface area contributed by atoms with Crippen LogP contribution in [0.4, 0.5) is 0 Å². The molecule has 0 saturated carbocycles. The maximum absolute atomic E-state index is 9.83. The fraction of sp³-hybridized carbons (Fsp3) is 0.800. The Kier molecular flexibility index (Phi) is 3.75. The van der Waals surface area contributed by atoms with Crippen LogP contribution < -0.4 is 17.0 Å². The molecule has 0 spiro atoms. The van der Waals surface area contributed by atoms with E-state index in [0.29, 0.717) is 0 Å². The molecule has 0 bridgehead atoms. The monoisotopic (exact) mass is 263 g/mol. The molecule has 2 rings (SSSR count). The van der Waals surface area contributed by atoms with Crippen molar-refractivity contribution in [2.45, 2.75) is 25.5 Å². The van der Waals surface area contributed by atoms with Gasteiger partial charge in [-0.15, -0.1) is 0 Å². The number of quaternary nitrogens is 1. The van der Waals surface area contributed by atoms with E-state index < -0.39 is 0 Å². The standard InChI is InChI=1S/C10H18NO2.BrH/c1-2-11-5-3-8(7-12)10(11)9(13)4-6-11;/h3,9-10,12-13H,2,4-7H2,1H3;1H/q+1;/p-1. The molecule has 0 aliphatic carbocycles. The van der Waals surface area contributed by atoms with Gasteiger partial charge in [0.2, 0.25) is 0 Å². The Labute approximate surface area is 95.4 Å². The summed E-state index contributed by atoms with van der Waals surface area (Å²) in [6.07, 6.45) is 2.76. The molecule has 3 atom stereocenters. The van der Waals surface area contributed by atoms with Crippen molar-refractivity contribution in [3.8, 4) is 0 Å². The van der Waals surface area contributed by atoms with Crippen molar-refractivity contribution in [2.24, 2.45) is 0 Å². The third-order valence-corrected chi connectivity index (χ3v) is 3.73. The van der Waals surface area contributed by atoms with Gasteiger partial charge in [0.15, 0.2) is 0 Å². The molecule has 2 aliphatic heterocycles. The van der Waals surface area contributed by atoms with Crippen molar-refractivity contribution >= 4 is 0 Å². The number of rotatable bonds is 2. The van der Waals surface area contributed by atoms with Crippen LogP contribution in [0, 0.1) is 0 Å². The van der Waals surface area contributed by atoms with Crippen LogP contribution >= 0.6 is 0 Å². The van der Waals surface area contributed by atoms with Crippen molar-refractivity contribution in [2.75, 3.05) is 26.2 Å². The minimum atomic E-state index is -0.235. The summed E-state index contributed by atoms with van der Waals surface area (Å²) in [4.78, 5) is 0. The summed E-state index contributed by atoms with van der Waals surface area (Å²) < 4.78 is 0.969. The first-order chi connectivity index (χ1) is 6.23. The van der Waals surface area contributed by atoms with Crippen molar-refractivity contribution < 1.29 is 31.7 Å². The molecule has 2 aliphatic rings. The Balaban J connectivity index is 0.000000980. The maximum Gasteiger partial charge on any atom is 0.140 e. The predicted molar refractivity (Wildman–Crippen MR) is 50.1 cm³/mol. The molecule has 4 heteroatoms. The summed E-state index contributed by atoms with van der Waals surface area (Å²) in [5.74, 6) is 0. The topological polar surface area (TPSA) is 40.5 Å². The lowest BCUT2D eigenvalue weighted by Crippen LogP contribution is -3.00. The lowest BCUT2D eigenvalue weighted by Gasteiger charge is -2.35. The zero-order chi connectivity index (χ0) is 9.47. The summed E-state index contributed by atoms with van der Waals surface area (Å²) in [5, 5.41) is 19.0. The molecule has 3 nitrogen and oxygen atoms in total. The van der Waals surface area contributed by atoms with Crippen LogP contribution in [-0.4, -0.2) is 53.1 Å². The van der Waals surface area contributed by atoms with E-state index in [9.17, 15) is 5.11 Å². The van der Waals surface area contributed by atoms with Gasteiger partial charge in [-0.05, 0) is 13.0 Å². The fourth-order valence-electron chi connectivity index (χ4n) is 2.92. The van der Waals surface area contributed by atoms with E-state index >= 15 is 0 Å². The molecular formula is C10H18BrNO2. The van der Waals surface area contributed by atoms with Gasteiger partial charge in [-0.1, -0.05) is 0 Å². The first-order valence-electron chi connectivity index (χ1n) is 5.07. The molecular weight excluding hydrogens is 246 g/mol. The van der Waals surface area contributed by atoms with Crippen LogP contribution in [0.3, 0.4) is 0 Å². The van der Waals surface area contributed by atoms with Crippen molar-refractivity contribution in [3.05, 3.63) is 11.6 Å². The molecule has 1 saturated heterocycles. The summed E-state index contributed by atoms with van der Waals surface area (Å²) >= 11 is 0. The second-order valence-electron chi connectivity index (χ2n) is 4.18. The summed E-state index contributed by atoms with van der Waals surface area (Å²) in [7, 11) is 0. The lowest BCUT2D eigenvalue weighted by atomic mass is 10.0. The van der Waals surface area contributed by atoms with Gasteiger partial charge in [0.25, 0.3) is 0 Å². The number of fused-ring (bicyclic) bond motifs is 1. The van der Waals surface area contributed by atoms with E-state index in [2.05, 4.69) is 13.0 Å².